The van der Waals surface area contributed by atoms with Crippen LogP contribution in [-0.4, -0.2) is 11.1 Å². The van der Waals surface area contributed by atoms with Crippen molar-refractivity contribution in [3.05, 3.63) is 72.9 Å². The fourth-order valence-corrected chi connectivity index (χ4v) is 1.64. The van der Waals surface area contributed by atoms with E-state index in [0.717, 1.165) is 5.52 Å². The molecule has 21 heavy (non-hydrogen) atoms. The number of hydrogen-bond acceptors (Lipinski definition) is 4. The Hall–Kier alpha value is -2.92. The zero-order chi connectivity index (χ0) is 14.9. The van der Waals surface area contributed by atoms with Gasteiger partial charge in [-0.2, -0.15) is 0 Å². The first kappa shape index (κ1) is 14.5. The molecule has 3 N–H and O–H groups in total. The minimum atomic E-state index is -0.670. The van der Waals surface area contributed by atoms with Crippen molar-refractivity contribution in [2.45, 2.75) is 0 Å². The Balaban J connectivity index is 0.000000154. The molecule has 0 radical (unpaired) electrons. The van der Waals surface area contributed by atoms with Crippen LogP contribution in [0.3, 0.4) is 0 Å². The summed E-state index contributed by atoms with van der Waals surface area (Å²) in [6.45, 7) is 0. The average Bonchev–Trinajstić information content (AvgIpc) is 2.56. The molecule has 0 bridgehead atoms. The van der Waals surface area contributed by atoms with Crippen molar-refractivity contribution in [2.24, 2.45) is 5.84 Å². The quantitative estimate of drug-likeness (QED) is 0.408. The Labute approximate surface area is 122 Å². The SMILES string of the molecule is NNC(=O)Oc1ccccc1.c1ccc2ncccc2c1. The number of hydrogen-bond donors (Lipinski definition) is 2. The van der Waals surface area contributed by atoms with Crippen LogP contribution in [0.15, 0.2) is 72.9 Å². The third-order valence-corrected chi connectivity index (χ3v) is 2.58. The summed E-state index contributed by atoms with van der Waals surface area (Å²) in [5.74, 6) is 5.26. The Kier molecular flexibility index (Phi) is 5.25. The van der Waals surface area contributed by atoms with E-state index in [1.807, 2.05) is 42.0 Å². The number of nitrogens with zero attached hydrogens (tertiary/aromatic N) is 1. The van der Waals surface area contributed by atoms with Gasteiger partial charge in [0.25, 0.3) is 0 Å². The first-order chi connectivity index (χ1) is 10.3. The van der Waals surface area contributed by atoms with Crippen molar-refractivity contribution in [3.63, 3.8) is 0 Å². The van der Waals surface area contributed by atoms with E-state index in [2.05, 4.69) is 21.9 Å². The summed E-state index contributed by atoms with van der Waals surface area (Å²) in [4.78, 5) is 14.7. The zero-order valence-electron chi connectivity index (χ0n) is 11.3. The first-order valence-corrected chi connectivity index (χ1v) is 6.33. The molecule has 1 aromatic heterocycles. The van der Waals surface area contributed by atoms with Crippen LogP contribution in [0.2, 0.25) is 0 Å². The largest absolute Gasteiger partial charge is 0.426 e. The molecule has 0 fully saturated rings. The minimum absolute atomic E-state index is 0.468. The van der Waals surface area contributed by atoms with E-state index < -0.39 is 6.09 Å². The second-order valence-electron chi connectivity index (χ2n) is 4.04. The van der Waals surface area contributed by atoms with Crippen molar-refractivity contribution in [2.75, 3.05) is 0 Å². The summed E-state index contributed by atoms with van der Waals surface area (Å²) in [7, 11) is 0. The van der Waals surface area contributed by atoms with Crippen molar-refractivity contribution in [1.82, 2.24) is 10.4 Å². The number of aromatic nitrogens is 1. The lowest BCUT2D eigenvalue weighted by Crippen LogP contribution is -2.32. The highest BCUT2D eigenvalue weighted by Crippen LogP contribution is 2.08. The van der Waals surface area contributed by atoms with Gasteiger partial charge in [0.2, 0.25) is 0 Å². The molecule has 0 atom stereocenters. The van der Waals surface area contributed by atoms with Crippen molar-refractivity contribution < 1.29 is 9.53 Å². The van der Waals surface area contributed by atoms with E-state index >= 15 is 0 Å². The lowest BCUT2D eigenvalue weighted by atomic mass is 10.2. The highest BCUT2D eigenvalue weighted by atomic mass is 16.6. The summed E-state index contributed by atoms with van der Waals surface area (Å²) in [6, 6.07) is 20.8. The van der Waals surface area contributed by atoms with Gasteiger partial charge < -0.3 is 4.74 Å². The molecule has 0 saturated carbocycles. The molecule has 0 aliphatic rings. The van der Waals surface area contributed by atoms with Gasteiger partial charge in [-0.05, 0) is 24.3 Å². The molecule has 3 aromatic rings. The van der Waals surface area contributed by atoms with E-state index in [-0.39, 0.29) is 0 Å². The Bertz CT molecular complexity index is 636. The van der Waals surface area contributed by atoms with Crippen LogP contribution in [-0.2, 0) is 0 Å². The highest BCUT2D eigenvalue weighted by molar-refractivity contribution is 5.77. The molecule has 3 rings (SSSR count). The molecule has 0 aliphatic carbocycles. The molecule has 2 aromatic carbocycles. The molecule has 1 heterocycles. The van der Waals surface area contributed by atoms with Gasteiger partial charge in [-0.1, -0.05) is 42.5 Å². The molecule has 0 unspecified atom stereocenters. The van der Waals surface area contributed by atoms with Gasteiger partial charge in [0, 0.05) is 11.6 Å². The Morgan fingerprint density at radius 1 is 0.952 bits per heavy atom. The number of hydrazine groups is 1. The smallest absolute Gasteiger partial charge is 0.409 e. The maximum absolute atomic E-state index is 10.5. The van der Waals surface area contributed by atoms with Crippen molar-refractivity contribution in [3.8, 4) is 5.75 Å². The standard InChI is InChI=1S/C9H7N.C7H8N2O2/c1-2-6-9-8(4-1)5-3-7-10-9;8-9-7(10)11-6-4-2-1-3-5-6/h1-7H;1-5H,8H2,(H,9,10). The van der Waals surface area contributed by atoms with Gasteiger partial charge >= 0.3 is 6.09 Å². The summed E-state index contributed by atoms with van der Waals surface area (Å²) in [5.41, 5.74) is 2.91. The second-order valence-corrected chi connectivity index (χ2v) is 4.04. The summed E-state index contributed by atoms with van der Waals surface area (Å²) in [5, 5.41) is 1.20. The van der Waals surface area contributed by atoms with E-state index in [0.29, 0.717) is 5.75 Å². The fraction of sp³-hybridized carbons (Fsp3) is 0. The van der Waals surface area contributed by atoms with Crippen molar-refractivity contribution in [1.29, 1.82) is 0 Å². The average molecular weight is 281 g/mol. The number of para-hydroxylation sites is 2. The summed E-state index contributed by atoms with van der Waals surface area (Å²) < 4.78 is 4.69. The number of rotatable bonds is 1. The molecule has 106 valence electrons. The maximum Gasteiger partial charge on any atom is 0.426 e. The first-order valence-electron chi connectivity index (χ1n) is 6.33. The topological polar surface area (TPSA) is 77.2 Å². The third kappa shape index (κ3) is 4.59. The third-order valence-electron chi connectivity index (χ3n) is 2.58. The van der Waals surface area contributed by atoms with Crippen LogP contribution in [0.4, 0.5) is 4.79 Å². The zero-order valence-corrected chi connectivity index (χ0v) is 11.3. The van der Waals surface area contributed by atoms with Gasteiger partial charge in [-0.3, -0.25) is 10.4 Å². The molecule has 5 heteroatoms. The number of carbonyl (C=O) groups is 1. The number of benzene rings is 2. The molecule has 0 spiro atoms. The number of pyridine rings is 1. The number of ether oxygens (including phenoxy) is 1. The monoisotopic (exact) mass is 281 g/mol. The van der Waals surface area contributed by atoms with Crippen LogP contribution in [0, 0.1) is 0 Å². The lowest BCUT2D eigenvalue weighted by molar-refractivity contribution is 0.200. The van der Waals surface area contributed by atoms with E-state index in [1.165, 1.54) is 5.39 Å². The van der Waals surface area contributed by atoms with Gasteiger partial charge in [0.15, 0.2) is 0 Å². The van der Waals surface area contributed by atoms with Gasteiger partial charge in [-0.25, -0.2) is 10.6 Å². The molecule has 1 amide bonds. The molecular weight excluding hydrogens is 266 g/mol. The Morgan fingerprint density at radius 3 is 2.33 bits per heavy atom. The van der Waals surface area contributed by atoms with Crippen molar-refractivity contribution >= 4 is 17.0 Å². The lowest BCUT2D eigenvalue weighted by Gasteiger charge is -2.00. The normalized spacial score (nSPS) is 9.38. The van der Waals surface area contributed by atoms with E-state index in [4.69, 9.17) is 5.84 Å². The maximum atomic E-state index is 10.5. The second kappa shape index (κ2) is 7.62. The fourth-order valence-electron chi connectivity index (χ4n) is 1.64. The number of amides is 1. The van der Waals surface area contributed by atoms with Crippen LogP contribution in [0.5, 0.6) is 5.75 Å². The summed E-state index contributed by atoms with van der Waals surface area (Å²) in [6.07, 6.45) is 1.14. The number of carbonyl (C=O) groups excluding carboxylic acids is 1. The molecule has 5 nitrogen and oxygen atoms in total. The number of fused-ring (bicyclic) bond motifs is 1. The van der Waals surface area contributed by atoms with Gasteiger partial charge in [0.05, 0.1) is 5.52 Å². The predicted molar refractivity (Wildman–Crippen MR) is 81.5 cm³/mol. The van der Waals surface area contributed by atoms with Crippen LogP contribution >= 0.6 is 0 Å². The van der Waals surface area contributed by atoms with E-state index in [9.17, 15) is 4.79 Å². The molecular formula is C16H15N3O2. The predicted octanol–water partition coefficient (Wildman–Crippen LogP) is 2.88. The number of nitrogens with one attached hydrogen (secondary N) is 1. The molecule has 0 aliphatic heterocycles. The minimum Gasteiger partial charge on any atom is -0.409 e. The summed E-state index contributed by atoms with van der Waals surface area (Å²) >= 11 is 0. The molecule has 0 saturated heterocycles. The number of nitrogens with two attached hydrogens (primary N) is 1. The van der Waals surface area contributed by atoms with Crippen LogP contribution in [0.1, 0.15) is 0 Å². The van der Waals surface area contributed by atoms with Gasteiger partial charge in [0.1, 0.15) is 5.75 Å². The Morgan fingerprint density at radius 2 is 1.62 bits per heavy atom. The van der Waals surface area contributed by atoms with E-state index in [1.54, 1.807) is 24.3 Å². The van der Waals surface area contributed by atoms with Gasteiger partial charge in [-0.15, -0.1) is 0 Å². The van der Waals surface area contributed by atoms with Crippen LogP contribution < -0.4 is 16.0 Å². The van der Waals surface area contributed by atoms with Crippen LogP contribution in [0.25, 0.3) is 10.9 Å². The highest BCUT2D eigenvalue weighted by Gasteiger charge is 1.98.